The molecule has 1 heterocycles. The quantitative estimate of drug-likeness (QED) is 0.867. The fraction of sp³-hybridized carbons (Fsp3) is 0.167. The Hall–Kier alpha value is -1.64. The number of carboxylic acids is 1. The highest BCUT2D eigenvalue weighted by Gasteiger charge is 2.20. The maximum atomic E-state index is 12.3. The molecule has 0 aliphatic carbocycles. The molecule has 6 nitrogen and oxygen atoms in total. The van der Waals surface area contributed by atoms with E-state index in [2.05, 4.69) is 9.71 Å². The van der Waals surface area contributed by atoms with Gasteiger partial charge < -0.3 is 5.11 Å². The van der Waals surface area contributed by atoms with E-state index in [4.69, 9.17) is 16.7 Å². The average Bonchev–Trinajstić information content (AvgIpc) is 2.78. The largest absolute Gasteiger partial charge is 0.481 e. The van der Waals surface area contributed by atoms with Gasteiger partial charge in [0.25, 0.3) is 10.0 Å². The fourth-order valence-electron chi connectivity index (χ4n) is 1.63. The molecule has 0 amide bonds. The van der Waals surface area contributed by atoms with Gasteiger partial charge in [0.05, 0.1) is 11.3 Å². The first kappa shape index (κ1) is 15.7. The molecule has 2 aromatic rings. The Morgan fingerprint density at radius 2 is 2.19 bits per heavy atom. The Morgan fingerprint density at radius 3 is 2.86 bits per heavy atom. The van der Waals surface area contributed by atoms with Crippen LogP contribution in [0.4, 0.5) is 5.13 Å². The lowest BCUT2D eigenvalue weighted by atomic mass is 10.2. The summed E-state index contributed by atoms with van der Waals surface area (Å²) in [4.78, 5) is 15.0. The molecule has 2 rings (SSSR count). The second-order valence-corrected chi connectivity index (χ2v) is 7.34. The number of aromatic nitrogens is 1. The summed E-state index contributed by atoms with van der Waals surface area (Å²) in [6.07, 6.45) is 1.14. The number of rotatable bonds is 5. The number of anilines is 1. The van der Waals surface area contributed by atoms with Crippen LogP contribution in [0.3, 0.4) is 0 Å². The van der Waals surface area contributed by atoms with Crippen LogP contribution in [0.25, 0.3) is 0 Å². The number of carboxylic acid groups (broad SMARTS) is 1. The first-order chi connectivity index (χ1) is 9.79. The normalized spacial score (nSPS) is 11.3. The lowest BCUT2D eigenvalue weighted by Crippen LogP contribution is -2.14. The maximum Gasteiger partial charge on any atom is 0.308 e. The summed E-state index contributed by atoms with van der Waals surface area (Å²) in [6.45, 7) is 1.61. The summed E-state index contributed by atoms with van der Waals surface area (Å²) in [5.41, 5.74) is 0.439. The van der Waals surface area contributed by atoms with Crippen LogP contribution in [0.15, 0.2) is 29.3 Å². The van der Waals surface area contributed by atoms with Gasteiger partial charge in [-0.25, -0.2) is 13.4 Å². The van der Waals surface area contributed by atoms with Crippen LogP contribution in [0.2, 0.25) is 5.02 Å². The highest BCUT2D eigenvalue weighted by atomic mass is 35.5. The SMILES string of the molecule is Cc1c(Cl)cccc1S(=O)(=O)Nc1ncc(CC(=O)O)s1. The Morgan fingerprint density at radius 1 is 1.48 bits per heavy atom. The van der Waals surface area contributed by atoms with Gasteiger partial charge in [-0.05, 0) is 24.6 Å². The molecule has 0 aliphatic rings. The number of halogens is 1. The average molecular weight is 347 g/mol. The van der Waals surface area contributed by atoms with Crippen molar-refractivity contribution >= 4 is 44.1 Å². The second-order valence-electron chi connectivity index (χ2n) is 4.17. The van der Waals surface area contributed by atoms with E-state index in [1.54, 1.807) is 19.1 Å². The van der Waals surface area contributed by atoms with Crippen LogP contribution in [0.1, 0.15) is 10.4 Å². The van der Waals surface area contributed by atoms with Crippen molar-refractivity contribution in [3.63, 3.8) is 0 Å². The predicted molar refractivity (Wildman–Crippen MR) is 80.5 cm³/mol. The number of nitrogens with one attached hydrogen (secondary N) is 1. The van der Waals surface area contributed by atoms with Crippen molar-refractivity contribution < 1.29 is 18.3 Å². The molecule has 0 unspecified atom stereocenters. The van der Waals surface area contributed by atoms with Gasteiger partial charge in [0.2, 0.25) is 0 Å². The van der Waals surface area contributed by atoms with Gasteiger partial charge in [0.15, 0.2) is 5.13 Å². The number of nitrogens with zero attached hydrogens (tertiary/aromatic N) is 1. The number of hydrogen-bond acceptors (Lipinski definition) is 5. The summed E-state index contributed by atoms with van der Waals surface area (Å²) in [7, 11) is -3.82. The van der Waals surface area contributed by atoms with Crippen molar-refractivity contribution in [2.75, 3.05) is 4.72 Å². The van der Waals surface area contributed by atoms with Crippen molar-refractivity contribution in [1.29, 1.82) is 0 Å². The van der Waals surface area contributed by atoms with Gasteiger partial charge in [-0.3, -0.25) is 9.52 Å². The highest BCUT2D eigenvalue weighted by Crippen LogP contribution is 2.26. The van der Waals surface area contributed by atoms with E-state index in [1.807, 2.05) is 0 Å². The Balaban J connectivity index is 2.27. The third-order valence-corrected chi connectivity index (χ3v) is 5.54. The number of benzene rings is 1. The first-order valence-corrected chi connectivity index (χ1v) is 8.42. The topological polar surface area (TPSA) is 96.4 Å². The first-order valence-electron chi connectivity index (χ1n) is 5.74. The van der Waals surface area contributed by atoms with Crippen LogP contribution in [0.5, 0.6) is 0 Å². The van der Waals surface area contributed by atoms with Gasteiger partial charge >= 0.3 is 5.97 Å². The van der Waals surface area contributed by atoms with Gasteiger partial charge in [-0.2, -0.15) is 0 Å². The zero-order chi connectivity index (χ0) is 15.6. The molecule has 0 spiro atoms. The molecule has 0 radical (unpaired) electrons. The molecular weight excluding hydrogens is 336 g/mol. The summed E-state index contributed by atoms with van der Waals surface area (Å²) in [5.74, 6) is -1.00. The van der Waals surface area contributed by atoms with Crippen molar-refractivity contribution in [1.82, 2.24) is 4.98 Å². The third kappa shape index (κ3) is 3.72. The molecule has 0 saturated carbocycles. The zero-order valence-corrected chi connectivity index (χ0v) is 13.2. The number of thiazole rings is 1. The minimum Gasteiger partial charge on any atom is -0.481 e. The molecule has 0 saturated heterocycles. The van der Waals surface area contributed by atoms with E-state index >= 15 is 0 Å². The summed E-state index contributed by atoms with van der Waals surface area (Å²) in [5, 5.41) is 9.15. The number of sulfonamides is 1. The zero-order valence-electron chi connectivity index (χ0n) is 10.8. The number of hydrogen-bond donors (Lipinski definition) is 2. The lowest BCUT2D eigenvalue weighted by Gasteiger charge is -2.09. The summed E-state index contributed by atoms with van der Waals surface area (Å²) in [6, 6.07) is 4.58. The molecule has 0 fully saturated rings. The molecule has 1 aromatic carbocycles. The van der Waals surface area contributed by atoms with Crippen LogP contribution >= 0.6 is 22.9 Å². The van der Waals surface area contributed by atoms with E-state index in [1.165, 1.54) is 12.3 Å². The Bertz CT molecular complexity index is 786. The molecule has 0 bridgehead atoms. The van der Waals surface area contributed by atoms with Gasteiger partial charge in [-0.1, -0.05) is 17.7 Å². The molecule has 21 heavy (non-hydrogen) atoms. The smallest absolute Gasteiger partial charge is 0.308 e. The van der Waals surface area contributed by atoms with E-state index in [9.17, 15) is 13.2 Å². The van der Waals surface area contributed by atoms with Gasteiger partial charge in [0.1, 0.15) is 0 Å². The van der Waals surface area contributed by atoms with E-state index in [0.717, 1.165) is 11.3 Å². The molecular formula is C12H11ClN2O4S2. The minimum atomic E-state index is -3.82. The second kappa shape index (κ2) is 6.00. The van der Waals surface area contributed by atoms with Crippen molar-refractivity contribution in [3.8, 4) is 0 Å². The standard InChI is InChI=1S/C12H11ClN2O4S2/c1-7-9(13)3-2-4-10(7)21(18,19)15-12-14-6-8(20-12)5-11(16)17/h2-4,6H,5H2,1H3,(H,14,15)(H,16,17). The molecule has 9 heteroatoms. The van der Waals surface area contributed by atoms with Gasteiger partial charge in [0, 0.05) is 16.1 Å². The van der Waals surface area contributed by atoms with E-state index in [-0.39, 0.29) is 16.4 Å². The predicted octanol–water partition coefficient (Wildman–Crippen LogP) is 2.53. The van der Waals surface area contributed by atoms with Crippen molar-refractivity contribution in [2.24, 2.45) is 0 Å². The van der Waals surface area contributed by atoms with E-state index in [0.29, 0.717) is 15.5 Å². The third-order valence-electron chi connectivity index (χ3n) is 2.61. The van der Waals surface area contributed by atoms with Crippen LogP contribution < -0.4 is 4.72 Å². The molecule has 2 N–H and O–H groups in total. The highest BCUT2D eigenvalue weighted by molar-refractivity contribution is 7.93. The Labute approximate surface area is 130 Å². The van der Waals surface area contributed by atoms with E-state index < -0.39 is 16.0 Å². The minimum absolute atomic E-state index is 0.0602. The van der Waals surface area contributed by atoms with Gasteiger partial charge in [-0.15, -0.1) is 11.3 Å². The number of carbonyl (C=O) groups is 1. The van der Waals surface area contributed by atoms with Crippen LogP contribution in [0, 0.1) is 6.92 Å². The van der Waals surface area contributed by atoms with Crippen molar-refractivity contribution in [3.05, 3.63) is 39.9 Å². The fourth-order valence-corrected chi connectivity index (χ4v) is 4.18. The molecule has 112 valence electrons. The molecule has 0 aliphatic heterocycles. The molecule has 1 aromatic heterocycles. The van der Waals surface area contributed by atoms with Crippen molar-refractivity contribution in [2.45, 2.75) is 18.2 Å². The Kier molecular flexibility index (Phi) is 4.50. The lowest BCUT2D eigenvalue weighted by molar-refractivity contribution is -0.136. The maximum absolute atomic E-state index is 12.3. The van der Waals surface area contributed by atoms with Crippen LogP contribution in [-0.4, -0.2) is 24.5 Å². The summed E-state index contributed by atoms with van der Waals surface area (Å²) >= 11 is 6.89. The molecule has 0 atom stereocenters. The monoisotopic (exact) mass is 346 g/mol. The number of aliphatic carboxylic acids is 1. The van der Waals surface area contributed by atoms with Crippen LogP contribution in [-0.2, 0) is 21.2 Å². The summed E-state index contributed by atoms with van der Waals surface area (Å²) < 4.78 is 26.9.